The predicted molar refractivity (Wildman–Crippen MR) is 106 cm³/mol. The van der Waals surface area contributed by atoms with Crippen LogP contribution in [-0.2, 0) is 6.42 Å². The van der Waals surface area contributed by atoms with Crippen molar-refractivity contribution < 1.29 is 0 Å². The highest BCUT2D eigenvalue weighted by Gasteiger charge is 2.25. The molecule has 0 fully saturated rings. The van der Waals surface area contributed by atoms with Crippen molar-refractivity contribution >= 4 is 0 Å². The molecule has 1 aliphatic carbocycles. The van der Waals surface area contributed by atoms with Crippen molar-refractivity contribution in [3.05, 3.63) is 95.7 Å². The van der Waals surface area contributed by atoms with Gasteiger partial charge in [-0.25, -0.2) is 9.97 Å². The molecule has 4 aromatic rings. The molecule has 0 bridgehead atoms. The van der Waals surface area contributed by atoms with Gasteiger partial charge in [-0.15, -0.1) is 0 Å². The monoisotopic (exact) mass is 334 g/mol. The average molecular weight is 334 g/mol. The molecule has 1 heterocycles. The van der Waals surface area contributed by atoms with Crippen molar-refractivity contribution in [2.45, 2.75) is 13.3 Å². The van der Waals surface area contributed by atoms with Crippen molar-refractivity contribution in [1.82, 2.24) is 9.97 Å². The lowest BCUT2D eigenvalue weighted by Crippen LogP contribution is -1.98. The van der Waals surface area contributed by atoms with Crippen LogP contribution in [0.2, 0.25) is 0 Å². The van der Waals surface area contributed by atoms with Crippen molar-refractivity contribution in [3.63, 3.8) is 0 Å². The van der Waals surface area contributed by atoms with Gasteiger partial charge in [0.2, 0.25) is 0 Å². The fourth-order valence-corrected chi connectivity index (χ4v) is 3.81. The molecule has 2 heteroatoms. The summed E-state index contributed by atoms with van der Waals surface area (Å²) in [5, 5.41) is 0. The van der Waals surface area contributed by atoms with Crippen LogP contribution in [0, 0.1) is 6.92 Å². The summed E-state index contributed by atoms with van der Waals surface area (Å²) >= 11 is 0. The van der Waals surface area contributed by atoms with Gasteiger partial charge in [0, 0.05) is 28.8 Å². The van der Waals surface area contributed by atoms with E-state index in [-0.39, 0.29) is 0 Å². The van der Waals surface area contributed by atoms with Gasteiger partial charge in [0.25, 0.3) is 0 Å². The number of nitrogens with zero attached hydrogens (tertiary/aromatic N) is 2. The molecule has 0 saturated heterocycles. The van der Waals surface area contributed by atoms with Gasteiger partial charge < -0.3 is 0 Å². The van der Waals surface area contributed by atoms with Crippen LogP contribution in [0.15, 0.2) is 78.9 Å². The van der Waals surface area contributed by atoms with Gasteiger partial charge in [0.1, 0.15) is 0 Å². The van der Waals surface area contributed by atoms with E-state index in [2.05, 4.69) is 67.6 Å². The summed E-state index contributed by atoms with van der Waals surface area (Å²) in [5.41, 5.74) is 9.62. The number of rotatable bonds is 2. The Bertz CT molecular complexity index is 1100. The summed E-state index contributed by atoms with van der Waals surface area (Å²) in [6.07, 6.45) is 0.899. The highest BCUT2D eigenvalue weighted by molar-refractivity contribution is 5.84. The quantitative estimate of drug-likeness (QED) is 0.414. The van der Waals surface area contributed by atoms with Crippen LogP contribution < -0.4 is 0 Å². The lowest BCUT2D eigenvalue weighted by molar-refractivity contribution is 1.06. The molecule has 3 aromatic carbocycles. The van der Waals surface area contributed by atoms with E-state index in [1.54, 1.807) is 0 Å². The first-order valence-corrected chi connectivity index (χ1v) is 8.92. The smallest absolute Gasteiger partial charge is 0.160 e. The number of aromatic nitrogens is 2. The third-order valence-corrected chi connectivity index (χ3v) is 5.12. The van der Waals surface area contributed by atoms with Gasteiger partial charge >= 0.3 is 0 Å². The molecule has 0 aliphatic heterocycles. The average Bonchev–Trinajstić information content (AvgIpc) is 3.09. The summed E-state index contributed by atoms with van der Waals surface area (Å²) in [6.45, 7) is 2.10. The van der Waals surface area contributed by atoms with E-state index in [4.69, 9.17) is 9.97 Å². The maximum Gasteiger partial charge on any atom is 0.160 e. The number of hydrogen-bond donors (Lipinski definition) is 0. The normalized spacial score (nSPS) is 11.9. The second-order valence-corrected chi connectivity index (χ2v) is 6.70. The minimum absolute atomic E-state index is 0.805. The highest BCUT2D eigenvalue weighted by Crippen LogP contribution is 2.42. The third kappa shape index (κ3) is 2.34. The Morgan fingerprint density at radius 3 is 2.00 bits per heavy atom. The van der Waals surface area contributed by atoms with Crippen molar-refractivity contribution in [3.8, 4) is 33.8 Å². The number of fused-ring (bicyclic) bond motifs is 3. The zero-order valence-electron chi connectivity index (χ0n) is 14.6. The Kier molecular flexibility index (Phi) is 3.42. The SMILES string of the molecule is Cc1nc(-c2ccccc2)nc2c1Cc1c(-c3ccccc3)cccc1-2. The lowest BCUT2D eigenvalue weighted by atomic mass is 9.96. The molecule has 0 atom stereocenters. The molecule has 0 spiro atoms. The largest absolute Gasteiger partial charge is 0.233 e. The van der Waals surface area contributed by atoms with E-state index >= 15 is 0 Å². The fourth-order valence-electron chi connectivity index (χ4n) is 3.81. The van der Waals surface area contributed by atoms with Gasteiger partial charge in [-0.1, -0.05) is 78.9 Å². The van der Waals surface area contributed by atoms with Crippen molar-refractivity contribution in [1.29, 1.82) is 0 Å². The number of benzene rings is 3. The van der Waals surface area contributed by atoms with Crippen molar-refractivity contribution in [2.75, 3.05) is 0 Å². The summed E-state index contributed by atoms with van der Waals surface area (Å²) in [5.74, 6) is 0.805. The minimum Gasteiger partial charge on any atom is -0.233 e. The topological polar surface area (TPSA) is 25.8 Å². The van der Waals surface area contributed by atoms with E-state index < -0.39 is 0 Å². The van der Waals surface area contributed by atoms with Gasteiger partial charge in [-0.2, -0.15) is 0 Å². The zero-order chi connectivity index (χ0) is 17.5. The third-order valence-electron chi connectivity index (χ3n) is 5.12. The van der Waals surface area contributed by atoms with Crippen molar-refractivity contribution in [2.24, 2.45) is 0 Å². The number of aryl methyl sites for hydroxylation is 1. The molecule has 26 heavy (non-hydrogen) atoms. The molecule has 1 aromatic heterocycles. The van der Waals surface area contributed by atoms with E-state index in [9.17, 15) is 0 Å². The molecule has 0 radical (unpaired) electrons. The second-order valence-electron chi connectivity index (χ2n) is 6.70. The van der Waals surface area contributed by atoms with Crippen LogP contribution in [0.5, 0.6) is 0 Å². The Morgan fingerprint density at radius 1 is 0.615 bits per heavy atom. The zero-order valence-corrected chi connectivity index (χ0v) is 14.6. The highest BCUT2D eigenvalue weighted by atomic mass is 14.9. The van der Waals surface area contributed by atoms with Gasteiger partial charge in [0.15, 0.2) is 5.82 Å². The molecular formula is C24H18N2. The Labute approximate surface area is 153 Å². The van der Waals surface area contributed by atoms with Gasteiger partial charge in [0.05, 0.1) is 5.69 Å². The summed E-state index contributed by atoms with van der Waals surface area (Å²) < 4.78 is 0. The molecule has 0 N–H and O–H groups in total. The van der Waals surface area contributed by atoms with Crippen LogP contribution in [0.25, 0.3) is 33.8 Å². The van der Waals surface area contributed by atoms with E-state index in [1.807, 2.05) is 18.2 Å². The Balaban J connectivity index is 1.70. The molecule has 1 aliphatic rings. The van der Waals surface area contributed by atoms with E-state index in [0.717, 1.165) is 29.2 Å². The first kappa shape index (κ1) is 15.0. The molecule has 2 nitrogen and oxygen atoms in total. The van der Waals surface area contributed by atoms with E-state index in [1.165, 1.54) is 27.8 Å². The van der Waals surface area contributed by atoms with E-state index in [0.29, 0.717) is 0 Å². The fraction of sp³-hybridized carbons (Fsp3) is 0.0833. The molecule has 0 saturated carbocycles. The van der Waals surface area contributed by atoms with Crippen LogP contribution in [0.4, 0.5) is 0 Å². The predicted octanol–water partition coefficient (Wildman–Crippen LogP) is 5.69. The van der Waals surface area contributed by atoms with Crippen LogP contribution in [-0.4, -0.2) is 9.97 Å². The number of hydrogen-bond acceptors (Lipinski definition) is 2. The maximum atomic E-state index is 4.95. The van der Waals surface area contributed by atoms with Crippen LogP contribution >= 0.6 is 0 Å². The van der Waals surface area contributed by atoms with Crippen LogP contribution in [0.3, 0.4) is 0 Å². The summed E-state index contributed by atoms with van der Waals surface area (Å²) in [7, 11) is 0. The molecule has 5 rings (SSSR count). The first-order chi connectivity index (χ1) is 12.8. The second kappa shape index (κ2) is 5.92. The van der Waals surface area contributed by atoms with Gasteiger partial charge in [-0.3, -0.25) is 0 Å². The molecular weight excluding hydrogens is 316 g/mol. The maximum absolute atomic E-state index is 4.95. The standard InChI is InChI=1S/C24H18N2/c1-16-21-15-22-19(17-9-4-2-5-10-17)13-8-14-20(22)23(21)26-24(25-16)18-11-6-3-7-12-18/h2-14H,15H2,1H3. The summed E-state index contributed by atoms with van der Waals surface area (Å²) in [4.78, 5) is 9.74. The molecule has 0 unspecified atom stereocenters. The van der Waals surface area contributed by atoms with Crippen LogP contribution in [0.1, 0.15) is 16.8 Å². The Morgan fingerprint density at radius 2 is 1.27 bits per heavy atom. The Hall–Kier alpha value is -3.26. The molecule has 124 valence electrons. The molecule has 0 amide bonds. The minimum atomic E-state index is 0.805. The van der Waals surface area contributed by atoms with Gasteiger partial charge in [-0.05, 0) is 23.6 Å². The first-order valence-electron chi connectivity index (χ1n) is 8.92. The lowest BCUT2D eigenvalue weighted by Gasteiger charge is -2.08. The summed E-state index contributed by atoms with van der Waals surface area (Å²) in [6, 6.07) is 27.3.